The van der Waals surface area contributed by atoms with E-state index in [1.54, 1.807) is 0 Å². The summed E-state index contributed by atoms with van der Waals surface area (Å²) >= 11 is 0. The molecule has 1 heteroatoms. The van der Waals surface area contributed by atoms with Gasteiger partial charge < -0.3 is 5.32 Å². The van der Waals surface area contributed by atoms with E-state index in [1.807, 2.05) is 0 Å². The number of rotatable bonds is 10. The fraction of sp³-hybridized carbons (Fsp3) is 0.538. The van der Waals surface area contributed by atoms with E-state index < -0.39 is 0 Å². The molecule has 0 fully saturated rings. The van der Waals surface area contributed by atoms with Gasteiger partial charge in [0.2, 0.25) is 0 Å². The lowest BCUT2D eigenvalue weighted by molar-refractivity contribution is 0.392. The Morgan fingerprint density at radius 3 is 2.33 bits per heavy atom. The van der Waals surface area contributed by atoms with E-state index in [-0.39, 0.29) is 6.04 Å². The summed E-state index contributed by atoms with van der Waals surface area (Å²) in [6, 6.07) is 7.11. The lowest BCUT2D eigenvalue weighted by atomic mass is 9.90. The number of hydrogen-bond donors (Lipinski definition) is 1. The van der Waals surface area contributed by atoms with Crippen LogP contribution in [0.1, 0.15) is 83.0 Å². The van der Waals surface area contributed by atoms with Crippen LogP contribution in [-0.4, -0.2) is 0 Å². The van der Waals surface area contributed by atoms with Gasteiger partial charge in [0, 0.05) is 5.70 Å². The van der Waals surface area contributed by atoms with Gasteiger partial charge in [-0.2, -0.15) is 0 Å². The molecular formula is C26H39N. The monoisotopic (exact) mass is 365 g/mol. The minimum Gasteiger partial charge on any atom is -0.378 e. The highest BCUT2D eigenvalue weighted by molar-refractivity contribution is 5.42. The van der Waals surface area contributed by atoms with Crippen LogP contribution < -0.4 is 5.32 Å². The van der Waals surface area contributed by atoms with Crippen molar-refractivity contribution in [2.24, 2.45) is 11.3 Å². The molecule has 1 aromatic rings. The average Bonchev–Trinajstić information content (AvgIpc) is 2.92. The molecule has 0 radical (unpaired) electrons. The third-order valence-corrected chi connectivity index (χ3v) is 5.75. The molecule has 0 aliphatic heterocycles. The predicted octanol–water partition coefficient (Wildman–Crippen LogP) is 7.30. The van der Waals surface area contributed by atoms with E-state index in [0.717, 1.165) is 17.7 Å². The van der Waals surface area contributed by atoms with E-state index in [9.17, 15) is 0 Å². The van der Waals surface area contributed by atoms with E-state index in [1.165, 1.54) is 48.8 Å². The van der Waals surface area contributed by atoms with Crippen molar-refractivity contribution >= 4 is 0 Å². The van der Waals surface area contributed by atoms with Gasteiger partial charge in [-0.15, -0.1) is 0 Å². The molecule has 0 saturated heterocycles. The van der Waals surface area contributed by atoms with Crippen molar-refractivity contribution in [1.29, 1.82) is 0 Å². The molecule has 1 aromatic carbocycles. The normalized spacial score (nSPS) is 16.5. The van der Waals surface area contributed by atoms with Crippen molar-refractivity contribution in [1.82, 2.24) is 5.32 Å². The van der Waals surface area contributed by atoms with Crippen LogP contribution in [0.3, 0.4) is 0 Å². The molecule has 0 saturated carbocycles. The summed E-state index contributed by atoms with van der Waals surface area (Å²) in [6.07, 6.45) is 11.3. The quantitative estimate of drug-likeness (QED) is 0.429. The van der Waals surface area contributed by atoms with Crippen molar-refractivity contribution in [2.45, 2.75) is 79.2 Å². The SMILES string of the molecule is C=C(NC(C(=C)/C=C\C)c1ccc2c(c1)CC(C)(C)C2)C(CCC)CCC. The smallest absolute Gasteiger partial charge is 0.0758 e. The van der Waals surface area contributed by atoms with Gasteiger partial charge in [0.15, 0.2) is 0 Å². The third kappa shape index (κ3) is 5.61. The maximum absolute atomic E-state index is 4.42. The Bertz CT molecular complexity index is 686. The van der Waals surface area contributed by atoms with Crippen molar-refractivity contribution in [2.75, 3.05) is 0 Å². The first-order valence-electron chi connectivity index (χ1n) is 10.7. The van der Waals surface area contributed by atoms with Gasteiger partial charge in [-0.05, 0) is 66.2 Å². The molecule has 27 heavy (non-hydrogen) atoms. The van der Waals surface area contributed by atoms with Crippen molar-refractivity contribution in [3.05, 3.63) is 71.5 Å². The lowest BCUT2D eigenvalue weighted by Crippen LogP contribution is -2.26. The molecule has 1 aliphatic carbocycles. The van der Waals surface area contributed by atoms with Gasteiger partial charge >= 0.3 is 0 Å². The summed E-state index contributed by atoms with van der Waals surface area (Å²) in [6.45, 7) is 20.1. The van der Waals surface area contributed by atoms with Crippen LogP contribution in [0.2, 0.25) is 0 Å². The van der Waals surface area contributed by atoms with E-state index in [2.05, 4.69) is 83.4 Å². The van der Waals surface area contributed by atoms with Gasteiger partial charge in [-0.3, -0.25) is 0 Å². The summed E-state index contributed by atoms with van der Waals surface area (Å²) in [5.74, 6) is 0.536. The number of benzene rings is 1. The Kier molecular flexibility index (Phi) is 7.53. The van der Waals surface area contributed by atoms with Crippen LogP contribution in [0.5, 0.6) is 0 Å². The molecule has 1 unspecified atom stereocenters. The zero-order valence-corrected chi connectivity index (χ0v) is 18.2. The molecular weight excluding hydrogens is 326 g/mol. The molecule has 0 heterocycles. The van der Waals surface area contributed by atoms with Gasteiger partial charge in [-0.25, -0.2) is 0 Å². The minimum absolute atomic E-state index is 0.0962. The van der Waals surface area contributed by atoms with Crippen LogP contribution in [0.15, 0.2) is 54.8 Å². The van der Waals surface area contributed by atoms with Gasteiger partial charge in [0.05, 0.1) is 6.04 Å². The second kappa shape index (κ2) is 9.44. The fourth-order valence-electron chi connectivity index (χ4n) is 4.45. The average molecular weight is 366 g/mol. The van der Waals surface area contributed by atoms with E-state index in [4.69, 9.17) is 0 Å². The van der Waals surface area contributed by atoms with Crippen LogP contribution in [-0.2, 0) is 12.8 Å². The maximum atomic E-state index is 4.42. The van der Waals surface area contributed by atoms with Crippen LogP contribution in [0.25, 0.3) is 0 Å². The molecule has 1 nitrogen and oxygen atoms in total. The highest BCUT2D eigenvalue weighted by atomic mass is 14.9. The highest BCUT2D eigenvalue weighted by Gasteiger charge is 2.29. The second-order valence-corrected chi connectivity index (χ2v) is 9.00. The standard InChI is InChI=1S/C26H39N/c1-8-11-19(4)25(27-20(5)21(12-9-2)13-10-3)22-14-15-23-17-26(6,7)18-24(23)16-22/h8,11,14-16,21,25,27H,4-5,9-10,12-13,17-18H2,1-3,6-7H3/b11-8-. The minimum atomic E-state index is 0.0962. The molecule has 1 aliphatic rings. The number of nitrogens with one attached hydrogen (secondary N) is 1. The fourth-order valence-corrected chi connectivity index (χ4v) is 4.45. The Morgan fingerprint density at radius 2 is 1.74 bits per heavy atom. The number of hydrogen-bond acceptors (Lipinski definition) is 1. The predicted molar refractivity (Wildman–Crippen MR) is 120 cm³/mol. The summed E-state index contributed by atoms with van der Waals surface area (Å²) in [5.41, 5.74) is 6.95. The van der Waals surface area contributed by atoms with Gasteiger partial charge in [0.25, 0.3) is 0 Å². The highest BCUT2D eigenvalue weighted by Crippen LogP contribution is 2.38. The summed E-state index contributed by atoms with van der Waals surface area (Å²) in [4.78, 5) is 0. The van der Waals surface area contributed by atoms with Gasteiger partial charge in [-0.1, -0.05) is 84.0 Å². The largest absolute Gasteiger partial charge is 0.378 e. The van der Waals surface area contributed by atoms with E-state index >= 15 is 0 Å². The first-order chi connectivity index (χ1) is 12.8. The zero-order chi connectivity index (χ0) is 20.0. The number of fused-ring (bicyclic) bond motifs is 1. The van der Waals surface area contributed by atoms with Crippen LogP contribution in [0, 0.1) is 11.3 Å². The third-order valence-electron chi connectivity index (χ3n) is 5.75. The lowest BCUT2D eigenvalue weighted by Gasteiger charge is -2.27. The molecule has 0 aromatic heterocycles. The molecule has 148 valence electrons. The van der Waals surface area contributed by atoms with Crippen LogP contribution >= 0.6 is 0 Å². The second-order valence-electron chi connectivity index (χ2n) is 9.00. The molecule has 1 N–H and O–H groups in total. The topological polar surface area (TPSA) is 12.0 Å². The molecule has 0 amide bonds. The Labute approximate surface area is 167 Å². The van der Waals surface area contributed by atoms with Gasteiger partial charge in [0.1, 0.15) is 0 Å². The molecule has 0 spiro atoms. The summed E-state index contributed by atoms with van der Waals surface area (Å²) in [7, 11) is 0. The Hall–Kier alpha value is -1.76. The summed E-state index contributed by atoms with van der Waals surface area (Å²) < 4.78 is 0. The van der Waals surface area contributed by atoms with Crippen molar-refractivity contribution in [3.8, 4) is 0 Å². The van der Waals surface area contributed by atoms with E-state index in [0.29, 0.717) is 11.3 Å². The number of allylic oxidation sites excluding steroid dienone is 2. The van der Waals surface area contributed by atoms with Crippen molar-refractivity contribution < 1.29 is 0 Å². The zero-order valence-electron chi connectivity index (χ0n) is 18.2. The molecule has 0 bridgehead atoms. The first kappa shape index (κ1) is 21.5. The van der Waals surface area contributed by atoms with Crippen LogP contribution in [0.4, 0.5) is 0 Å². The first-order valence-corrected chi connectivity index (χ1v) is 10.7. The molecule has 1 atom stereocenters. The maximum Gasteiger partial charge on any atom is 0.0758 e. The van der Waals surface area contributed by atoms with Crippen molar-refractivity contribution in [3.63, 3.8) is 0 Å². The Balaban J connectivity index is 2.28. The Morgan fingerprint density at radius 1 is 1.11 bits per heavy atom. The summed E-state index contributed by atoms with van der Waals surface area (Å²) in [5, 5.41) is 3.75. The molecule has 2 rings (SSSR count).